The number of hydrogen-bond acceptors (Lipinski definition) is 7. The number of hydrogen-bond donors (Lipinski definition) is 2. The van der Waals surface area contributed by atoms with Gasteiger partial charge in [-0.25, -0.2) is 0 Å². The predicted octanol–water partition coefficient (Wildman–Crippen LogP) is 3.49. The number of carbonyl (C=O) groups is 1. The van der Waals surface area contributed by atoms with Crippen LogP contribution in [0.2, 0.25) is 0 Å². The molecule has 0 spiro atoms. The van der Waals surface area contributed by atoms with Gasteiger partial charge in [0.25, 0.3) is 5.91 Å². The monoisotopic (exact) mass is 424 g/mol. The first-order valence-corrected chi connectivity index (χ1v) is 9.36. The topological polar surface area (TPSA) is 108 Å². The SMILES string of the molecule is C=CCc1cc(C(=O)Nc2n[nH]c(-c3ccc(OC)cc3OC)n2)cc(OC)c1OC. The van der Waals surface area contributed by atoms with E-state index >= 15 is 0 Å². The summed E-state index contributed by atoms with van der Waals surface area (Å²) in [6.45, 7) is 3.75. The van der Waals surface area contributed by atoms with E-state index in [0.29, 0.717) is 46.4 Å². The number of methoxy groups -OCH3 is 4. The van der Waals surface area contributed by atoms with Gasteiger partial charge in [0, 0.05) is 17.2 Å². The van der Waals surface area contributed by atoms with E-state index in [1.807, 2.05) is 0 Å². The molecule has 0 aliphatic heterocycles. The van der Waals surface area contributed by atoms with Crippen LogP contribution in [0.5, 0.6) is 23.0 Å². The normalized spacial score (nSPS) is 10.3. The van der Waals surface area contributed by atoms with Crippen LogP contribution in [0.1, 0.15) is 15.9 Å². The molecule has 1 aromatic heterocycles. The number of ether oxygens (including phenoxy) is 4. The second-order valence-corrected chi connectivity index (χ2v) is 6.39. The molecule has 9 nitrogen and oxygen atoms in total. The highest BCUT2D eigenvalue weighted by atomic mass is 16.5. The number of rotatable bonds is 9. The first kappa shape index (κ1) is 21.7. The van der Waals surface area contributed by atoms with Crippen LogP contribution in [0.25, 0.3) is 11.4 Å². The molecule has 1 heterocycles. The summed E-state index contributed by atoms with van der Waals surface area (Å²) in [5.41, 5.74) is 1.83. The third kappa shape index (κ3) is 4.61. The molecule has 162 valence electrons. The molecule has 2 aromatic carbocycles. The number of nitrogens with zero attached hydrogens (tertiary/aromatic N) is 2. The second-order valence-electron chi connectivity index (χ2n) is 6.39. The average molecular weight is 424 g/mol. The maximum Gasteiger partial charge on any atom is 0.258 e. The molecule has 0 fully saturated rings. The van der Waals surface area contributed by atoms with Crippen molar-refractivity contribution in [1.82, 2.24) is 15.2 Å². The summed E-state index contributed by atoms with van der Waals surface area (Å²) in [5.74, 6) is 2.39. The number of allylic oxidation sites excluding steroid dienone is 1. The average Bonchev–Trinajstić information content (AvgIpc) is 3.26. The molecule has 0 bridgehead atoms. The molecule has 9 heteroatoms. The Morgan fingerprint density at radius 3 is 2.48 bits per heavy atom. The van der Waals surface area contributed by atoms with Crippen molar-refractivity contribution in [1.29, 1.82) is 0 Å². The van der Waals surface area contributed by atoms with Gasteiger partial charge < -0.3 is 18.9 Å². The number of nitrogens with one attached hydrogen (secondary N) is 2. The Morgan fingerprint density at radius 1 is 1.06 bits per heavy atom. The molecule has 0 saturated heterocycles. The lowest BCUT2D eigenvalue weighted by molar-refractivity contribution is 0.102. The Labute approximate surface area is 180 Å². The van der Waals surface area contributed by atoms with E-state index in [0.717, 1.165) is 5.56 Å². The Hall–Kier alpha value is -4.01. The molecule has 1 amide bonds. The van der Waals surface area contributed by atoms with Gasteiger partial charge in [0.2, 0.25) is 5.95 Å². The molecule has 3 aromatic rings. The lowest BCUT2D eigenvalue weighted by Gasteiger charge is -2.14. The minimum absolute atomic E-state index is 0.123. The highest BCUT2D eigenvalue weighted by Gasteiger charge is 2.18. The van der Waals surface area contributed by atoms with E-state index in [1.165, 1.54) is 7.11 Å². The molecule has 0 saturated carbocycles. The van der Waals surface area contributed by atoms with Crippen molar-refractivity contribution in [3.05, 3.63) is 54.1 Å². The summed E-state index contributed by atoms with van der Waals surface area (Å²) in [6, 6.07) is 8.63. The Morgan fingerprint density at radius 2 is 1.84 bits per heavy atom. The van der Waals surface area contributed by atoms with Crippen LogP contribution < -0.4 is 24.3 Å². The van der Waals surface area contributed by atoms with Crippen LogP contribution in [0.3, 0.4) is 0 Å². The zero-order valence-corrected chi connectivity index (χ0v) is 17.8. The first-order chi connectivity index (χ1) is 15.0. The van der Waals surface area contributed by atoms with E-state index in [9.17, 15) is 4.79 Å². The molecule has 0 unspecified atom stereocenters. The number of amides is 1. The molecular formula is C22H24N4O5. The molecule has 0 radical (unpaired) electrons. The van der Waals surface area contributed by atoms with E-state index < -0.39 is 5.91 Å². The van der Waals surface area contributed by atoms with Crippen LogP contribution in [-0.4, -0.2) is 49.5 Å². The number of carbonyl (C=O) groups excluding carboxylic acids is 1. The summed E-state index contributed by atoms with van der Waals surface area (Å²) in [4.78, 5) is 17.2. The lowest BCUT2D eigenvalue weighted by Crippen LogP contribution is -2.14. The summed E-state index contributed by atoms with van der Waals surface area (Å²) in [7, 11) is 6.19. The van der Waals surface area contributed by atoms with Gasteiger partial charge in [0.05, 0.1) is 34.0 Å². The third-order valence-electron chi connectivity index (χ3n) is 4.56. The van der Waals surface area contributed by atoms with Gasteiger partial charge in [-0.1, -0.05) is 6.08 Å². The number of aromatic nitrogens is 3. The fraction of sp³-hybridized carbons (Fsp3) is 0.227. The maximum absolute atomic E-state index is 12.8. The van der Waals surface area contributed by atoms with E-state index in [-0.39, 0.29) is 5.95 Å². The van der Waals surface area contributed by atoms with Gasteiger partial charge in [-0.2, -0.15) is 4.98 Å². The van der Waals surface area contributed by atoms with Gasteiger partial charge >= 0.3 is 0 Å². The van der Waals surface area contributed by atoms with Crippen molar-refractivity contribution >= 4 is 11.9 Å². The summed E-state index contributed by atoms with van der Waals surface area (Å²) >= 11 is 0. The zero-order chi connectivity index (χ0) is 22.4. The largest absolute Gasteiger partial charge is 0.497 e. The van der Waals surface area contributed by atoms with Crippen molar-refractivity contribution in [3.63, 3.8) is 0 Å². The minimum Gasteiger partial charge on any atom is -0.497 e. The first-order valence-electron chi connectivity index (χ1n) is 9.36. The van der Waals surface area contributed by atoms with Crippen LogP contribution in [-0.2, 0) is 6.42 Å². The van der Waals surface area contributed by atoms with Crippen molar-refractivity contribution in [2.24, 2.45) is 0 Å². The van der Waals surface area contributed by atoms with Crippen molar-refractivity contribution in [3.8, 4) is 34.4 Å². The Balaban J connectivity index is 1.86. The number of H-pyrrole nitrogens is 1. The van der Waals surface area contributed by atoms with Crippen molar-refractivity contribution < 1.29 is 23.7 Å². The standard InChI is InChI=1S/C22H24N4O5/c1-6-7-13-10-14(11-18(30-4)19(13)31-5)21(27)24-22-23-20(25-26-22)16-9-8-15(28-2)12-17(16)29-3/h6,8-12H,1,7H2,2-5H3,(H2,23,24,25,26,27). The van der Waals surface area contributed by atoms with Gasteiger partial charge in [-0.15, -0.1) is 11.7 Å². The highest BCUT2D eigenvalue weighted by Crippen LogP contribution is 2.34. The molecule has 2 N–H and O–H groups in total. The van der Waals surface area contributed by atoms with Crippen LogP contribution >= 0.6 is 0 Å². The van der Waals surface area contributed by atoms with Crippen molar-refractivity contribution in [2.75, 3.05) is 33.8 Å². The Kier molecular flexibility index (Phi) is 6.76. The highest BCUT2D eigenvalue weighted by molar-refractivity contribution is 6.04. The fourth-order valence-corrected chi connectivity index (χ4v) is 3.09. The second kappa shape index (κ2) is 9.66. The fourth-order valence-electron chi connectivity index (χ4n) is 3.09. The number of benzene rings is 2. The maximum atomic E-state index is 12.8. The summed E-state index contributed by atoms with van der Waals surface area (Å²) < 4.78 is 21.4. The third-order valence-corrected chi connectivity index (χ3v) is 4.56. The van der Waals surface area contributed by atoms with Crippen LogP contribution in [0.15, 0.2) is 43.0 Å². The Bertz CT molecular complexity index is 1090. The molecular weight excluding hydrogens is 400 g/mol. The predicted molar refractivity (Wildman–Crippen MR) is 116 cm³/mol. The summed E-state index contributed by atoms with van der Waals surface area (Å²) in [5, 5.41) is 9.58. The quantitative estimate of drug-likeness (QED) is 0.506. The van der Waals surface area contributed by atoms with Gasteiger partial charge in [-0.3, -0.25) is 15.2 Å². The van der Waals surface area contributed by atoms with Crippen LogP contribution in [0, 0.1) is 0 Å². The molecule has 3 rings (SSSR count). The summed E-state index contributed by atoms with van der Waals surface area (Å²) in [6.07, 6.45) is 2.24. The van der Waals surface area contributed by atoms with Gasteiger partial charge in [0.1, 0.15) is 11.5 Å². The molecule has 31 heavy (non-hydrogen) atoms. The van der Waals surface area contributed by atoms with Gasteiger partial charge in [-0.05, 0) is 30.7 Å². The van der Waals surface area contributed by atoms with Crippen LogP contribution in [0.4, 0.5) is 5.95 Å². The van der Waals surface area contributed by atoms with E-state index in [2.05, 4.69) is 27.1 Å². The van der Waals surface area contributed by atoms with Gasteiger partial charge in [0.15, 0.2) is 17.3 Å². The minimum atomic E-state index is -0.390. The molecule has 0 atom stereocenters. The number of anilines is 1. The van der Waals surface area contributed by atoms with Crippen molar-refractivity contribution in [2.45, 2.75) is 6.42 Å². The molecule has 0 aliphatic carbocycles. The zero-order valence-electron chi connectivity index (χ0n) is 17.8. The lowest BCUT2D eigenvalue weighted by atomic mass is 10.0. The molecule has 0 aliphatic rings. The smallest absolute Gasteiger partial charge is 0.258 e. The van der Waals surface area contributed by atoms with E-state index in [1.54, 1.807) is 57.7 Å². The van der Waals surface area contributed by atoms with E-state index in [4.69, 9.17) is 18.9 Å². The number of aromatic amines is 1.